The molecule has 0 heterocycles. The molecule has 0 radical (unpaired) electrons. The van der Waals surface area contributed by atoms with E-state index in [1.54, 1.807) is 13.8 Å². The van der Waals surface area contributed by atoms with E-state index in [9.17, 15) is 17.6 Å². The Kier molecular flexibility index (Phi) is 6.63. The van der Waals surface area contributed by atoms with Crippen molar-refractivity contribution in [2.75, 3.05) is 18.4 Å². The quantitative estimate of drug-likeness (QED) is 0.754. The zero-order valence-electron chi connectivity index (χ0n) is 14.1. The maximum Gasteiger partial charge on any atom is 0.258 e. The molecule has 140 valence electrons. The van der Waals surface area contributed by atoms with Gasteiger partial charge in [-0.2, -0.15) is 4.31 Å². The number of anilines is 1. The van der Waals surface area contributed by atoms with Crippen molar-refractivity contribution >= 4 is 44.8 Å². The summed E-state index contributed by atoms with van der Waals surface area (Å²) in [4.78, 5) is 12.2. The van der Waals surface area contributed by atoms with Gasteiger partial charge in [-0.25, -0.2) is 12.8 Å². The third kappa shape index (κ3) is 4.54. The lowest BCUT2D eigenvalue weighted by Crippen LogP contribution is -2.31. The largest absolute Gasteiger partial charge is 0.322 e. The second-order valence-corrected chi connectivity index (χ2v) is 8.15. The Bertz CT molecular complexity index is 911. The number of carbonyl (C=O) groups excluding carboxylic acids is 1. The average Bonchev–Trinajstić information content (AvgIpc) is 2.54. The summed E-state index contributed by atoms with van der Waals surface area (Å²) in [5.41, 5.74) is -0.127. The van der Waals surface area contributed by atoms with Gasteiger partial charge in [0, 0.05) is 28.8 Å². The first-order valence-corrected chi connectivity index (χ1v) is 9.95. The number of sulfonamides is 1. The summed E-state index contributed by atoms with van der Waals surface area (Å²) >= 11 is 11.7. The number of rotatable bonds is 6. The number of amides is 1. The monoisotopic (exact) mass is 418 g/mol. The molecule has 0 spiro atoms. The van der Waals surface area contributed by atoms with E-state index in [0.29, 0.717) is 10.0 Å². The van der Waals surface area contributed by atoms with Gasteiger partial charge in [0.05, 0.1) is 10.5 Å². The van der Waals surface area contributed by atoms with Crippen LogP contribution < -0.4 is 5.32 Å². The van der Waals surface area contributed by atoms with Gasteiger partial charge in [0.2, 0.25) is 10.0 Å². The first-order valence-electron chi connectivity index (χ1n) is 7.76. The van der Waals surface area contributed by atoms with Crippen molar-refractivity contribution in [1.29, 1.82) is 0 Å². The molecule has 0 aliphatic heterocycles. The van der Waals surface area contributed by atoms with Gasteiger partial charge in [-0.15, -0.1) is 0 Å². The van der Waals surface area contributed by atoms with Crippen LogP contribution in [0.2, 0.25) is 10.0 Å². The van der Waals surface area contributed by atoms with Crippen LogP contribution in [-0.2, 0) is 10.0 Å². The molecule has 0 aliphatic rings. The highest BCUT2D eigenvalue weighted by molar-refractivity contribution is 7.89. The number of nitrogens with zero attached hydrogens (tertiary/aromatic N) is 1. The molecule has 2 rings (SSSR count). The van der Waals surface area contributed by atoms with E-state index in [1.165, 1.54) is 22.5 Å². The second-order valence-electron chi connectivity index (χ2n) is 5.34. The maximum atomic E-state index is 14.1. The van der Waals surface area contributed by atoms with Crippen LogP contribution in [0.3, 0.4) is 0 Å². The maximum absolute atomic E-state index is 14.1. The van der Waals surface area contributed by atoms with Gasteiger partial charge >= 0.3 is 0 Å². The van der Waals surface area contributed by atoms with E-state index in [0.717, 1.165) is 18.2 Å². The SMILES string of the molecule is CCN(CC)S(=O)(=O)c1ccc(F)c(C(=O)Nc2cc(Cl)cc(Cl)c2)c1. The molecule has 0 saturated carbocycles. The fourth-order valence-electron chi connectivity index (χ4n) is 2.38. The van der Waals surface area contributed by atoms with Crippen molar-refractivity contribution < 1.29 is 17.6 Å². The van der Waals surface area contributed by atoms with Crippen LogP contribution in [0.4, 0.5) is 10.1 Å². The van der Waals surface area contributed by atoms with Gasteiger partial charge in [-0.3, -0.25) is 4.79 Å². The summed E-state index contributed by atoms with van der Waals surface area (Å²) in [6.45, 7) is 3.92. The predicted molar refractivity (Wildman–Crippen MR) is 101 cm³/mol. The van der Waals surface area contributed by atoms with E-state index >= 15 is 0 Å². The Balaban J connectivity index is 2.39. The second kappa shape index (κ2) is 8.35. The van der Waals surface area contributed by atoms with Crippen molar-refractivity contribution in [1.82, 2.24) is 4.31 Å². The molecule has 0 aromatic heterocycles. The minimum atomic E-state index is -3.82. The van der Waals surface area contributed by atoms with Crippen molar-refractivity contribution in [3.05, 3.63) is 57.8 Å². The van der Waals surface area contributed by atoms with Gasteiger partial charge < -0.3 is 5.32 Å². The summed E-state index contributed by atoms with van der Waals surface area (Å²) in [6.07, 6.45) is 0. The highest BCUT2D eigenvalue weighted by Crippen LogP contribution is 2.24. The number of benzene rings is 2. The van der Waals surface area contributed by atoms with Gasteiger partial charge in [0.15, 0.2) is 0 Å². The molecule has 0 atom stereocenters. The molecule has 26 heavy (non-hydrogen) atoms. The summed E-state index contributed by atoms with van der Waals surface area (Å²) in [5, 5.41) is 3.06. The van der Waals surface area contributed by atoms with E-state index in [1.807, 2.05) is 0 Å². The van der Waals surface area contributed by atoms with Crippen molar-refractivity contribution in [3.63, 3.8) is 0 Å². The van der Waals surface area contributed by atoms with Crippen LogP contribution in [0.15, 0.2) is 41.3 Å². The van der Waals surface area contributed by atoms with E-state index in [4.69, 9.17) is 23.2 Å². The van der Waals surface area contributed by atoms with Gasteiger partial charge in [-0.05, 0) is 36.4 Å². The lowest BCUT2D eigenvalue weighted by atomic mass is 10.2. The Labute approximate surface area is 161 Å². The highest BCUT2D eigenvalue weighted by Gasteiger charge is 2.24. The molecule has 1 N–H and O–H groups in total. The Morgan fingerprint density at radius 3 is 2.19 bits per heavy atom. The number of nitrogens with one attached hydrogen (secondary N) is 1. The van der Waals surface area contributed by atoms with Crippen LogP contribution in [0.25, 0.3) is 0 Å². The summed E-state index contributed by atoms with van der Waals surface area (Å²) < 4.78 is 40.5. The van der Waals surface area contributed by atoms with Gasteiger partial charge in [-0.1, -0.05) is 37.0 Å². The van der Waals surface area contributed by atoms with E-state index in [2.05, 4.69) is 5.32 Å². The average molecular weight is 419 g/mol. The smallest absolute Gasteiger partial charge is 0.258 e. The highest BCUT2D eigenvalue weighted by atomic mass is 35.5. The minimum Gasteiger partial charge on any atom is -0.322 e. The molecular weight excluding hydrogens is 402 g/mol. The molecule has 0 saturated heterocycles. The molecule has 9 heteroatoms. The van der Waals surface area contributed by atoms with Crippen LogP contribution >= 0.6 is 23.2 Å². The summed E-state index contributed by atoms with van der Waals surface area (Å²) in [5.74, 6) is -1.65. The van der Waals surface area contributed by atoms with Crippen LogP contribution in [0.1, 0.15) is 24.2 Å². The van der Waals surface area contributed by atoms with Crippen molar-refractivity contribution in [3.8, 4) is 0 Å². The molecule has 0 fully saturated rings. The number of hydrogen-bond donors (Lipinski definition) is 1. The fraction of sp³-hybridized carbons (Fsp3) is 0.235. The molecule has 2 aromatic carbocycles. The third-order valence-electron chi connectivity index (χ3n) is 3.65. The van der Waals surface area contributed by atoms with Crippen LogP contribution in [0, 0.1) is 5.82 Å². The number of hydrogen-bond acceptors (Lipinski definition) is 3. The molecule has 5 nitrogen and oxygen atoms in total. The van der Waals surface area contributed by atoms with Crippen molar-refractivity contribution in [2.45, 2.75) is 18.7 Å². The van der Waals surface area contributed by atoms with Gasteiger partial charge in [0.1, 0.15) is 5.82 Å². The molecule has 0 aliphatic carbocycles. The van der Waals surface area contributed by atoms with E-state index in [-0.39, 0.29) is 23.7 Å². The van der Waals surface area contributed by atoms with Crippen LogP contribution in [-0.4, -0.2) is 31.7 Å². The van der Waals surface area contributed by atoms with E-state index < -0.39 is 27.3 Å². The molecule has 0 unspecified atom stereocenters. The zero-order valence-corrected chi connectivity index (χ0v) is 16.4. The minimum absolute atomic E-state index is 0.156. The summed E-state index contributed by atoms with van der Waals surface area (Å²) in [6, 6.07) is 7.48. The fourth-order valence-corrected chi connectivity index (χ4v) is 4.39. The Morgan fingerprint density at radius 1 is 1.08 bits per heavy atom. The lowest BCUT2D eigenvalue weighted by molar-refractivity contribution is 0.102. The molecular formula is C17H17Cl2FN2O3S. The third-order valence-corrected chi connectivity index (χ3v) is 6.13. The topological polar surface area (TPSA) is 66.5 Å². The number of halogens is 3. The summed E-state index contributed by atoms with van der Waals surface area (Å²) in [7, 11) is -3.82. The zero-order chi connectivity index (χ0) is 19.5. The van der Waals surface area contributed by atoms with Crippen LogP contribution in [0.5, 0.6) is 0 Å². The Morgan fingerprint density at radius 2 is 1.65 bits per heavy atom. The predicted octanol–water partition coefficient (Wildman–Crippen LogP) is 4.42. The normalized spacial score (nSPS) is 11.6. The van der Waals surface area contributed by atoms with Gasteiger partial charge in [0.25, 0.3) is 5.91 Å². The molecule has 2 aromatic rings. The van der Waals surface area contributed by atoms with Crippen molar-refractivity contribution in [2.24, 2.45) is 0 Å². The lowest BCUT2D eigenvalue weighted by Gasteiger charge is -2.19. The first kappa shape index (κ1) is 20.6. The molecule has 1 amide bonds. The molecule has 0 bridgehead atoms. The standard InChI is InChI=1S/C17H17Cl2FN2O3S/c1-3-22(4-2)26(24,25)14-5-6-16(20)15(10-14)17(23)21-13-8-11(18)7-12(19)9-13/h5-10H,3-4H2,1-2H3,(H,21,23). The first-order chi connectivity index (χ1) is 12.2. The number of carbonyl (C=O) groups is 1. The Hall–Kier alpha value is -1.67.